The third-order valence-corrected chi connectivity index (χ3v) is 3.16. The van der Waals surface area contributed by atoms with Gasteiger partial charge in [-0.25, -0.2) is 0 Å². The summed E-state index contributed by atoms with van der Waals surface area (Å²) in [5, 5.41) is 2.64. The minimum Gasteiger partial charge on any atom is -0.0984 e. The largest absolute Gasteiger partial charge is 0.0984 e. The predicted molar refractivity (Wildman–Crippen MR) is 70.3 cm³/mol. The predicted octanol–water partition coefficient (Wildman–Crippen LogP) is 4.57. The molecule has 0 atom stereocenters. The lowest BCUT2D eigenvalue weighted by Gasteiger charge is -2.07. The molecule has 1 aliphatic carbocycles. The fourth-order valence-corrected chi connectivity index (χ4v) is 2.24. The topological polar surface area (TPSA) is 0 Å². The number of benzene rings is 2. The molecule has 1 aliphatic rings. The molecule has 0 radical (unpaired) electrons. The Labute approximate surface area is 95.9 Å². The maximum atomic E-state index is 3.95. The molecule has 0 heteroatoms. The first-order valence-electron chi connectivity index (χ1n) is 5.73. The summed E-state index contributed by atoms with van der Waals surface area (Å²) in [6.07, 6.45) is 4.49. The zero-order valence-corrected chi connectivity index (χ0v) is 9.24. The Morgan fingerprint density at radius 3 is 2.50 bits per heavy atom. The molecule has 0 N–H and O–H groups in total. The van der Waals surface area contributed by atoms with E-state index in [0.717, 1.165) is 0 Å². The Balaban J connectivity index is 2.31. The van der Waals surface area contributed by atoms with Crippen LogP contribution in [0.2, 0.25) is 0 Å². The van der Waals surface area contributed by atoms with Crippen molar-refractivity contribution in [1.29, 1.82) is 0 Å². The van der Waals surface area contributed by atoms with Gasteiger partial charge in [0.25, 0.3) is 0 Å². The lowest BCUT2D eigenvalue weighted by molar-refractivity contribution is 1.50. The molecule has 0 bridgehead atoms. The average molecular weight is 206 g/mol. The lowest BCUT2D eigenvalue weighted by Crippen LogP contribution is -1.83. The Bertz CT molecular complexity index is 577. The van der Waals surface area contributed by atoms with Crippen molar-refractivity contribution in [2.24, 2.45) is 0 Å². The van der Waals surface area contributed by atoms with Crippen LogP contribution in [-0.2, 0) is 0 Å². The molecule has 0 nitrogen and oxygen atoms in total. The summed E-state index contributed by atoms with van der Waals surface area (Å²) >= 11 is 0. The monoisotopic (exact) mass is 206 g/mol. The number of fused-ring (bicyclic) bond motifs is 1. The first kappa shape index (κ1) is 9.41. The van der Waals surface area contributed by atoms with Crippen molar-refractivity contribution in [3.05, 3.63) is 66.3 Å². The molecule has 0 amide bonds. The normalized spacial score (nSPS) is 13.9. The van der Waals surface area contributed by atoms with E-state index >= 15 is 0 Å². The summed E-state index contributed by atoms with van der Waals surface area (Å²) in [6.45, 7) is 3.95. The highest BCUT2D eigenvalue weighted by molar-refractivity contribution is 5.97. The van der Waals surface area contributed by atoms with E-state index < -0.39 is 0 Å². The van der Waals surface area contributed by atoms with Gasteiger partial charge < -0.3 is 0 Å². The van der Waals surface area contributed by atoms with E-state index in [1.165, 1.54) is 34.8 Å². The summed E-state index contributed by atoms with van der Waals surface area (Å²) in [5.41, 5.74) is 4.23. The van der Waals surface area contributed by atoms with Gasteiger partial charge in [-0.05, 0) is 34.8 Å². The van der Waals surface area contributed by atoms with Crippen molar-refractivity contribution in [1.82, 2.24) is 0 Å². The molecule has 0 aliphatic heterocycles. The fraction of sp³-hybridized carbons (Fsp3) is 0.125. The zero-order valence-electron chi connectivity index (χ0n) is 9.24. The van der Waals surface area contributed by atoms with E-state index in [4.69, 9.17) is 0 Å². The van der Waals surface area contributed by atoms with E-state index in [9.17, 15) is 0 Å². The Kier molecular flexibility index (Phi) is 2.14. The van der Waals surface area contributed by atoms with Gasteiger partial charge in [0.1, 0.15) is 0 Å². The van der Waals surface area contributed by atoms with Crippen molar-refractivity contribution in [2.45, 2.75) is 12.8 Å². The maximum absolute atomic E-state index is 3.95. The molecule has 2 aromatic carbocycles. The molecule has 0 saturated heterocycles. The van der Waals surface area contributed by atoms with Crippen molar-refractivity contribution in [2.75, 3.05) is 0 Å². The standard InChI is InChI=1S/C16H14/c1-2-14(13-10-11-13)16-9-5-7-12-6-3-4-8-15(12)16/h2-9H,1,10-11H2. The van der Waals surface area contributed by atoms with Crippen LogP contribution in [0.3, 0.4) is 0 Å². The second kappa shape index (κ2) is 3.64. The summed E-state index contributed by atoms with van der Waals surface area (Å²) in [7, 11) is 0. The highest BCUT2D eigenvalue weighted by Gasteiger charge is 2.17. The molecule has 0 aromatic heterocycles. The average Bonchev–Trinajstić information content (AvgIpc) is 3.15. The molecule has 0 heterocycles. The molecule has 1 saturated carbocycles. The number of hydrogen-bond donors (Lipinski definition) is 0. The van der Waals surface area contributed by atoms with Gasteiger partial charge in [0.2, 0.25) is 0 Å². The minimum absolute atomic E-state index is 1.24. The van der Waals surface area contributed by atoms with Gasteiger partial charge in [-0.3, -0.25) is 0 Å². The maximum Gasteiger partial charge on any atom is -0.0105 e. The Hall–Kier alpha value is -1.82. The third-order valence-electron chi connectivity index (χ3n) is 3.16. The number of hydrogen-bond acceptors (Lipinski definition) is 0. The highest BCUT2D eigenvalue weighted by Crippen LogP contribution is 2.38. The molecule has 2 aromatic rings. The SMILES string of the molecule is C=CC(=C1CC1)c1cccc2ccccc12. The van der Waals surface area contributed by atoms with Crippen molar-refractivity contribution >= 4 is 16.3 Å². The first-order chi connectivity index (χ1) is 7.90. The molecular formula is C16H14. The van der Waals surface area contributed by atoms with Crippen molar-refractivity contribution in [3.63, 3.8) is 0 Å². The number of rotatable bonds is 2. The van der Waals surface area contributed by atoms with E-state index in [-0.39, 0.29) is 0 Å². The van der Waals surface area contributed by atoms with Gasteiger partial charge in [-0.15, -0.1) is 0 Å². The molecule has 1 fully saturated rings. The van der Waals surface area contributed by atoms with Crippen LogP contribution in [0.25, 0.3) is 16.3 Å². The lowest BCUT2D eigenvalue weighted by atomic mass is 9.97. The van der Waals surface area contributed by atoms with Crippen LogP contribution < -0.4 is 0 Å². The van der Waals surface area contributed by atoms with Gasteiger partial charge in [-0.2, -0.15) is 0 Å². The second-order valence-electron chi connectivity index (χ2n) is 4.25. The van der Waals surface area contributed by atoms with Crippen LogP contribution in [0.15, 0.2) is 60.7 Å². The van der Waals surface area contributed by atoms with Crippen LogP contribution in [-0.4, -0.2) is 0 Å². The summed E-state index contributed by atoms with van der Waals surface area (Å²) in [6, 6.07) is 15.0. The van der Waals surface area contributed by atoms with E-state index in [1.807, 2.05) is 6.08 Å². The van der Waals surface area contributed by atoms with Crippen LogP contribution >= 0.6 is 0 Å². The van der Waals surface area contributed by atoms with Crippen LogP contribution in [0.4, 0.5) is 0 Å². The van der Waals surface area contributed by atoms with Crippen molar-refractivity contribution < 1.29 is 0 Å². The highest BCUT2D eigenvalue weighted by atomic mass is 14.2. The smallest absolute Gasteiger partial charge is 0.0105 e. The van der Waals surface area contributed by atoms with Crippen molar-refractivity contribution in [3.8, 4) is 0 Å². The van der Waals surface area contributed by atoms with Gasteiger partial charge >= 0.3 is 0 Å². The van der Waals surface area contributed by atoms with Crippen LogP contribution in [0, 0.1) is 0 Å². The molecular weight excluding hydrogens is 192 g/mol. The van der Waals surface area contributed by atoms with Crippen LogP contribution in [0.5, 0.6) is 0 Å². The Morgan fingerprint density at radius 1 is 1.00 bits per heavy atom. The van der Waals surface area contributed by atoms with Gasteiger partial charge in [0, 0.05) is 0 Å². The fourth-order valence-electron chi connectivity index (χ4n) is 2.24. The molecule has 3 rings (SSSR count). The summed E-state index contributed by atoms with van der Waals surface area (Å²) < 4.78 is 0. The number of allylic oxidation sites excluding steroid dienone is 3. The molecule has 0 spiro atoms. The quantitative estimate of drug-likeness (QED) is 0.675. The van der Waals surface area contributed by atoms with E-state index in [2.05, 4.69) is 49.0 Å². The van der Waals surface area contributed by atoms with Gasteiger partial charge in [0.05, 0.1) is 0 Å². The molecule has 0 unspecified atom stereocenters. The summed E-state index contributed by atoms with van der Waals surface area (Å²) in [5.74, 6) is 0. The third kappa shape index (κ3) is 1.47. The van der Waals surface area contributed by atoms with E-state index in [0.29, 0.717) is 0 Å². The summed E-state index contributed by atoms with van der Waals surface area (Å²) in [4.78, 5) is 0. The Morgan fingerprint density at radius 2 is 1.75 bits per heavy atom. The zero-order chi connectivity index (χ0) is 11.0. The van der Waals surface area contributed by atoms with Crippen LogP contribution in [0.1, 0.15) is 18.4 Å². The van der Waals surface area contributed by atoms with Gasteiger partial charge in [-0.1, -0.05) is 60.7 Å². The van der Waals surface area contributed by atoms with E-state index in [1.54, 1.807) is 5.57 Å². The second-order valence-corrected chi connectivity index (χ2v) is 4.25. The molecule has 78 valence electrons. The van der Waals surface area contributed by atoms with Gasteiger partial charge in [0.15, 0.2) is 0 Å². The molecule has 16 heavy (non-hydrogen) atoms. The minimum atomic E-state index is 1.24. The first-order valence-corrected chi connectivity index (χ1v) is 5.73.